The number of nitrogens with one attached hydrogen (secondary N) is 2. The van der Waals surface area contributed by atoms with E-state index in [1.807, 2.05) is 12.1 Å². The van der Waals surface area contributed by atoms with Gasteiger partial charge in [0.15, 0.2) is 0 Å². The second-order valence-electron chi connectivity index (χ2n) is 4.14. The molecular formula is C13H11N5O2. The van der Waals surface area contributed by atoms with Crippen molar-refractivity contribution in [3.8, 4) is 12.1 Å². The third kappa shape index (κ3) is 3.47. The lowest BCUT2D eigenvalue weighted by Crippen LogP contribution is -2.28. The Bertz CT molecular complexity index is 593. The first-order chi connectivity index (χ1) is 9.71. The number of ether oxygens (including phenoxy) is 1. The van der Waals surface area contributed by atoms with Crippen molar-refractivity contribution in [3.63, 3.8) is 0 Å². The fourth-order valence-corrected chi connectivity index (χ4v) is 1.73. The van der Waals surface area contributed by atoms with Gasteiger partial charge in [-0.15, -0.1) is 0 Å². The number of benzene rings is 1. The van der Waals surface area contributed by atoms with Gasteiger partial charge in [0, 0.05) is 0 Å². The predicted molar refractivity (Wildman–Crippen MR) is 70.7 cm³/mol. The number of alkyl carbamates (subject to hydrolysis) is 1. The maximum absolute atomic E-state index is 10.9. The molecule has 2 N–H and O–H groups in total. The van der Waals surface area contributed by atoms with Crippen molar-refractivity contribution in [1.82, 2.24) is 5.32 Å². The highest BCUT2D eigenvalue weighted by molar-refractivity contribution is 6.10. The summed E-state index contributed by atoms with van der Waals surface area (Å²) < 4.78 is 4.81. The lowest BCUT2D eigenvalue weighted by atomic mass is 10.1. The summed E-state index contributed by atoms with van der Waals surface area (Å²) in [6, 6.07) is 10.6. The predicted octanol–water partition coefficient (Wildman–Crippen LogP) is 1.15. The van der Waals surface area contributed by atoms with Crippen LogP contribution in [0.4, 0.5) is 10.5 Å². The van der Waals surface area contributed by atoms with E-state index in [0.717, 1.165) is 5.56 Å². The molecule has 1 fully saturated rings. The average molecular weight is 269 g/mol. The van der Waals surface area contributed by atoms with Gasteiger partial charge in [-0.05, 0) is 24.1 Å². The second-order valence-corrected chi connectivity index (χ2v) is 4.14. The Hall–Kier alpha value is -3.06. The first-order valence-corrected chi connectivity index (χ1v) is 5.87. The molecular weight excluding hydrogens is 258 g/mol. The van der Waals surface area contributed by atoms with Gasteiger partial charge in [0.1, 0.15) is 18.7 Å². The largest absolute Gasteiger partial charge is 0.447 e. The molecule has 0 radical (unpaired) electrons. The van der Waals surface area contributed by atoms with Gasteiger partial charge in [-0.25, -0.2) is 4.79 Å². The summed E-state index contributed by atoms with van der Waals surface area (Å²) >= 11 is 0. The Morgan fingerprint density at radius 2 is 2.10 bits per heavy atom. The number of cyclic esters (lactones) is 1. The van der Waals surface area contributed by atoms with Crippen molar-refractivity contribution in [2.45, 2.75) is 12.5 Å². The van der Waals surface area contributed by atoms with E-state index in [1.165, 1.54) is 0 Å². The Morgan fingerprint density at radius 3 is 2.65 bits per heavy atom. The number of anilines is 1. The first-order valence-electron chi connectivity index (χ1n) is 5.87. The zero-order valence-electron chi connectivity index (χ0n) is 10.5. The van der Waals surface area contributed by atoms with Crippen LogP contribution in [0.25, 0.3) is 0 Å². The minimum Gasteiger partial charge on any atom is -0.447 e. The summed E-state index contributed by atoms with van der Waals surface area (Å²) in [5, 5.41) is 23.4. The van der Waals surface area contributed by atoms with Crippen LogP contribution in [0.1, 0.15) is 5.56 Å². The van der Waals surface area contributed by atoms with Crippen LogP contribution in [0.2, 0.25) is 0 Å². The molecule has 20 heavy (non-hydrogen) atoms. The zero-order chi connectivity index (χ0) is 14.4. The molecule has 1 unspecified atom stereocenters. The molecule has 2 rings (SSSR count). The number of carbonyl (C=O) groups is 1. The maximum atomic E-state index is 10.9. The van der Waals surface area contributed by atoms with Crippen molar-refractivity contribution in [2.24, 2.45) is 5.10 Å². The van der Waals surface area contributed by atoms with Crippen LogP contribution in [0.15, 0.2) is 29.4 Å². The molecule has 1 amide bonds. The number of hydrogen-bond acceptors (Lipinski definition) is 6. The molecule has 1 aliphatic rings. The highest BCUT2D eigenvalue weighted by Gasteiger charge is 2.21. The molecule has 100 valence electrons. The quantitative estimate of drug-likeness (QED) is 0.629. The number of rotatable bonds is 4. The minimum absolute atomic E-state index is 0.0110. The molecule has 0 bridgehead atoms. The van der Waals surface area contributed by atoms with E-state index in [4.69, 9.17) is 15.3 Å². The third-order valence-corrected chi connectivity index (χ3v) is 2.68. The summed E-state index contributed by atoms with van der Waals surface area (Å²) in [7, 11) is 0. The SMILES string of the molecule is N#CC(C#N)=NNc1ccc(CC2COC(=O)N2)cc1. The number of hydrogen-bond donors (Lipinski definition) is 2. The second kappa shape index (κ2) is 6.21. The van der Waals surface area contributed by atoms with E-state index in [9.17, 15) is 4.79 Å². The zero-order valence-corrected chi connectivity index (χ0v) is 10.5. The molecule has 0 aliphatic carbocycles. The summed E-state index contributed by atoms with van der Waals surface area (Å²) in [5.74, 6) is 0. The van der Waals surface area contributed by atoms with Crippen molar-refractivity contribution >= 4 is 17.5 Å². The number of nitrogens with zero attached hydrogens (tertiary/aromatic N) is 3. The average Bonchev–Trinajstić information content (AvgIpc) is 2.87. The monoisotopic (exact) mass is 269 g/mol. The minimum atomic E-state index is -0.386. The van der Waals surface area contributed by atoms with Crippen molar-refractivity contribution in [3.05, 3.63) is 29.8 Å². The summed E-state index contributed by atoms with van der Waals surface area (Å²) in [4.78, 5) is 10.9. The van der Waals surface area contributed by atoms with Gasteiger partial charge in [0.05, 0.1) is 11.7 Å². The molecule has 1 aliphatic heterocycles. The fourth-order valence-electron chi connectivity index (χ4n) is 1.73. The molecule has 1 atom stereocenters. The Kier molecular flexibility index (Phi) is 4.15. The van der Waals surface area contributed by atoms with Gasteiger partial charge in [-0.3, -0.25) is 5.43 Å². The van der Waals surface area contributed by atoms with Crippen molar-refractivity contribution in [1.29, 1.82) is 10.5 Å². The first kappa shape index (κ1) is 13.4. The van der Waals surface area contributed by atoms with Crippen LogP contribution in [-0.2, 0) is 11.2 Å². The fraction of sp³-hybridized carbons (Fsp3) is 0.231. The van der Waals surface area contributed by atoms with E-state index in [0.29, 0.717) is 18.7 Å². The van der Waals surface area contributed by atoms with E-state index in [2.05, 4.69) is 15.8 Å². The third-order valence-electron chi connectivity index (χ3n) is 2.68. The number of nitriles is 2. The van der Waals surface area contributed by atoms with E-state index in [-0.39, 0.29) is 17.8 Å². The Balaban J connectivity index is 1.93. The van der Waals surface area contributed by atoms with Crippen LogP contribution in [0, 0.1) is 22.7 Å². The van der Waals surface area contributed by atoms with Gasteiger partial charge in [-0.1, -0.05) is 12.1 Å². The highest BCUT2D eigenvalue weighted by atomic mass is 16.6. The van der Waals surface area contributed by atoms with Crippen molar-refractivity contribution < 1.29 is 9.53 Å². The number of amides is 1. The molecule has 7 heteroatoms. The standard InChI is InChI=1S/C13H11N5O2/c14-6-12(7-15)18-17-10-3-1-9(2-4-10)5-11-8-20-13(19)16-11/h1-4,11,17H,5,8H2,(H,16,19). The molecule has 0 saturated carbocycles. The molecule has 0 aromatic heterocycles. The normalized spacial score (nSPS) is 16.3. The van der Waals surface area contributed by atoms with E-state index in [1.54, 1.807) is 24.3 Å². The van der Waals surface area contributed by atoms with Gasteiger partial charge >= 0.3 is 6.09 Å². The Morgan fingerprint density at radius 1 is 1.40 bits per heavy atom. The van der Waals surface area contributed by atoms with Crippen LogP contribution in [0.5, 0.6) is 0 Å². The lowest BCUT2D eigenvalue weighted by molar-refractivity contribution is 0.177. The van der Waals surface area contributed by atoms with E-state index < -0.39 is 0 Å². The summed E-state index contributed by atoms with van der Waals surface area (Å²) in [6.45, 7) is 0.372. The molecule has 1 aromatic carbocycles. The number of hydrazone groups is 1. The topological polar surface area (TPSA) is 110 Å². The smallest absolute Gasteiger partial charge is 0.407 e. The molecule has 0 spiro atoms. The molecule has 7 nitrogen and oxygen atoms in total. The van der Waals surface area contributed by atoms with Crippen LogP contribution < -0.4 is 10.7 Å². The van der Waals surface area contributed by atoms with Gasteiger partial charge in [0.25, 0.3) is 0 Å². The molecule has 1 saturated heterocycles. The molecule has 1 heterocycles. The van der Waals surface area contributed by atoms with Gasteiger partial charge in [-0.2, -0.15) is 15.6 Å². The number of carbonyl (C=O) groups excluding carboxylic acids is 1. The lowest BCUT2D eigenvalue weighted by Gasteiger charge is -2.07. The van der Waals surface area contributed by atoms with Crippen molar-refractivity contribution in [2.75, 3.05) is 12.0 Å². The molecule has 1 aromatic rings. The van der Waals surface area contributed by atoms with E-state index >= 15 is 0 Å². The highest BCUT2D eigenvalue weighted by Crippen LogP contribution is 2.12. The summed E-state index contributed by atoms with van der Waals surface area (Å²) in [6.07, 6.45) is 0.292. The van der Waals surface area contributed by atoms with Crippen LogP contribution in [-0.4, -0.2) is 24.5 Å². The van der Waals surface area contributed by atoms with Crippen LogP contribution in [0.3, 0.4) is 0 Å². The maximum Gasteiger partial charge on any atom is 0.407 e. The van der Waals surface area contributed by atoms with Crippen LogP contribution >= 0.6 is 0 Å². The summed E-state index contributed by atoms with van der Waals surface area (Å²) in [5.41, 5.74) is 4.09. The Labute approximate surface area is 115 Å². The van der Waals surface area contributed by atoms with Gasteiger partial charge < -0.3 is 10.1 Å². The van der Waals surface area contributed by atoms with Gasteiger partial charge in [0.2, 0.25) is 5.71 Å².